The van der Waals surface area contributed by atoms with Gasteiger partial charge in [0.2, 0.25) is 0 Å². The number of aliphatic carboxylic acids is 1. The van der Waals surface area contributed by atoms with Gasteiger partial charge in [-0.25, -0.2) is 0 Å². The molecule has 0 radical (unpaired) electrons. The number of carboxylic acids is 1. The maximum atomic E-state index is 11.1. The third kappa shape index (κ3) is 3.71. The lowest BCUT2D eigenvalue weighted by molar-refractivity contribution is -0.142. The fourth-order valence-corrected chi connectivity index (χ4v) is 3.79. The zero-order valence-electron chi connectivity index (χ0n) is 11.6. The molecule has 2 fully saturated rings. The first-order valence-electron chi connectivity index (χ1n) is 7.63. The van der Waals surface area contributed by atoms with E-state index in [-0.39, 0.29) is 6.04 Å². The molecule has 2 unspecified atom stereocenters. The van der Waals surface area contributed by atoms with Crippen molar-refractivity contribution in [2.45, 2.75) is 64.3 Å². The first kappa shape index (κ1) is 13.9. The Morgan fingerprint density at radius 3 is 2.61 bits per heavy atom. The predicted molar refractivity (Wildman–Crippen MR) is 72.6 cm³/mol. The van der Waals surface area contributed by atoms with Gasteiger partial charge in [0.25, 0.3) is 0 Å². The lowest BCUT2D eigenvalue weighted by Gasteiger charge is -2.29. The molecule has 1 aliphatic carbocycles. The largest absolute Gasteiger partial charge is 0.480 e. The van der Waals surface area contributed by atoms with E-state index < -0.39 is 5.97 Å². The molecule has 3 heteroatoms. The Morgan fingerprint density at radius 1 is 1.22 bits per heavy atom. The first-order chi connectivity index (χ1) is 8.66. The molecule has 2 aliphatic rings. The molecule has 1 aliphatic heterocycles. The highest BCUT2D eigenvalue weighted by molar-refractivity contribution is 5.73. The van der Waals surface area contributed by atoms with Crippen LogP contribution in [-0.2, 0) is 4.79 Å². The molecule has 2 atom stereocenters. The zero-order chi connectivity index (χ0) is 13.0. The summed E-state index contributed by atoms with van der Waals surface area (Å²) >= 11 is 0. The van der Waals surface area contributed by atoms with Crippen LogP contribution in [0, 0.1) is 11.8 Å². The maximum Gasteiger partial charge on any atom is 0.320 e. The number of nitrogens with zero attached hydrogens (tertiary/aromatic N) is 1. The van der Waals surface area contributed by atoms with E-state index in [9.17, 15) is 9.90 Å². The predicted octanol–water partition coefficient (Wildman–Crippen LogP) is 3.14. The summed E-state index contributed by atoms with van der Waals surface area (Å²) in [5.41, 5.74) is 0. The topological polar surface area (TPSA) is 40.5 Å². The molecular weight excluding hydrogens is 226 g/mol. The number of rotatable bonds is 5. The molecule has 0 spiro atoms. The maximum absolute atomic E-state index is 11.1. The number of hydrogen-bond donors (Lipinski definition) is 1. The van der Waals surface area contributed by atoms with Gasteiger partial charge in [-0.2, -0.15) is 0 Å². The van der Waals surface area contributed by atoms with Gasteiger partial charge in [-0.1, -0.05) is 39.0 Å². The number of likely N-dealkylation sites (tertiary alicyclic amines) is 1. The van der Waals surface area contributed by atoms with Gasteiger partial charge in [0.1, 0.15) is 6.04 Å². The van der Waals surface area contributed by atoms with Gasteiger partial charge in [0, 0.05) is 6.54 Å². The fraction of sp³-hybridized carbons (Fsp3) is 0.933. The fourth-order valence-electron chi connectivity index (χ4n) is 3.79. The lowest BCUT2D eigenvalue weighted by atomic mass is 9.83. The van der Waals surface area contributed by atoms with Crippen molar-refractivity contribution < 1.29 is 9.90 Å². The van der Waals surface area contributed by atoms with Crippen molar-refractivity contribution in [1.29, 1.82) is 0 Å². The average Bonchev–Trinajstić information content (AvgIpc) is 2.78. The van der Waals surface area contributed by atoms with Crippen molar-refractivity contribution in [3.63, 3.8) is 0 Å². The SMILES string of the molecule is CC(CC1CCCCC1)CN1CCCC1C(=O)O. The van der Waals surface area contributed by atoms with Crippen molar-refractivity contribution >= 4 is 5.97 Å². The van der Waals surface area contributed by atoms with E-state index in [4.69, 9.17) is 0 Å². The van der Waals surface area contributed by atoms with Crippen LogP contribution in [0.15, 0.2) is 0 Å². The smallest absolute Gasteiger partial charge is 0.320 e. The van der Waals surface area contributed by atoms with E-state index in [0.29, 0.717) is 5.92 Å². The second kappa shape index (κ2) is 6.55. The van der Waals surface area contributed by atoms with Crippen molar-refractivity contribution in [1.82, 2.24) is 4.90 Å². The van der Waals surface area contributed by atoms with Crippen LogP contribution in [0.2, 0.25) is 0 Å². The Hall–Kier alpha value is -0.570. The van der Waals surface area contributed by atoms with E-state index in [1.165, 1.54) is 38.5 Å². The number of hydrogen-bond acceptors (Lipinski definition) is 2. The highest BCUT2D eigenvalue weighted by atomic mass is 16.4. The first-order valence-corrected chi connectivity index (χ1v) is 7.63. The molecule has 0 aromatic rings. The van der Waals surface area contributed by atoms with Crippen molar-refractivity contribution in [2.24, 2.45) is 11.8 Å². The Labute approximate surface area is 111 Å². The van der Waals surface area contributed by atoms with Gasteiger partial charge in [-0.05, 0) is 37.6 Å². The standard InChI is InChI=1S/C15H27NO2/c1-12(10-13-6-3-2-4-7-13)11-16-9-5-8-14(16)15(17)18/h12-14H,2-11H2,1H3,(H,17,18). The molecule has 1 heterocycles. The molecular formula is C15H27NO2. The van der Waals surface area contributed by atoms with E-state index >= 15 is 0 Å². The highest BCUT2D eigenvalue weighted by Gasteiger charge is 2.31. The van der Waals surface area contributed by atoms with Crippen LogP contribution < -0.4 is 0 Å². The minimum Gasteiger partial charge on any atom is -0.480 e. The van der Waals surface area contributed by atoms with E-state index in [0.717, 1.165) is 31.8 Å². The van der Waals surface area contributed by atoms with Crippen LogP contribution in [0.3, 0.4) is 0 Å². The summed E-state index contributed by atoms with van der Waals surface area (Å²) in [4.78, 5) is 13.3. The molecule has 1 N–H and O–H groups in total. The molecule has 2 rings (SSSR count). The van der Waals surface area contributed by atoms with Crippen LogP contribution >= 0.6 is 0 Å². The third-order valence-electron chi connectivity index (χ3n) is 4.66. The van der Waals surface area contributed by atoms with E-state index in [2.05, 4.69) is 11.8 Å². The molecule has 1 saturated carbocycles. The van der Waals surface area contributed by atoms with E-state index in [1.54, 1.807) is 0 Å². The molecule has 18 heavy (non-hydrogen) atoms. The van der Waals surface area contributed by atoms with Gasteiger partial charge in [0.05, 0.1) is 0 Å². The van der Waals surface area contributed by atoms with Crippen molar-refractivity contribution in [3.8, 4) is 0 Å². The van der Waals surface area contributed by atoms with Gasteiger partial charge in [-0.15, -0.1) is 0 Å². The highest BCUT2D eigenvalue weighted by Crippen LogP contribution is 2.30. The second-order valence-corrected chi connectivity index (χ2v) is 6.34. The summed E-state index contributed by atoms with van der Waals surface area (Å²) in [6.45, 7) is 4.26. The van der Waals surface area contributed by atoms with Crippen molar-refractivity contribution in [2.75, 3.05) is 13.1 Å². The Kier molecular flexibility index (Phi) is 5.04. The van der Waals surface area contributed by atoms with Crippen molar-refractivity contribution in [3.05, 3.63) is 0 Å². The minimum absolute atomic E-state index is 0.209. The quantitative estimate of drug-likeness (QED) is 0.818. The average molecular weight is 253 g/mol. The Bertz CT molecular complexity index is 274. The molecule has 104 valence electrons. The molecule has 0 aromatic carbocycles. The Morgan fingerprint density at radius 2 is 1.94 bits per heavy atom. The summed E-state index contributed by atoms with van der Waals surface area (Å²) < 4.78 is 0. The summed E-state index contributed by atoms with van der Waals surface area (Å²) in [7, 11) is 0. The van der Waals surface area contributed by atoms with Gasteiger partial charge >= 0.3 is 5.97 Å². The number of carboxylic acid groups (broad SMARTS) is 1. The molecule has 3 nitrogen and oxygen atoms in total. The molecule has 0 bridgehead atoms. The van der Waals surface area contributed by atoms with Crippen LogP contribution in [0.1, 0.15) is 58.3 Å². The monoisotopic (exact) mass is 253 g/mol. The summed E-state index contributed by atoms with van der Waals surface area (Å²) in [5.74, 6) is 0.921. The third-order valence-corrected chi connectivity index (χ3v) is 4.66. The molecule has 0 aromatic heterocycles. The minimum atomic E-state index is -0.627. The van der Waals surface area contributed by atoms with Crippen LogP contribution in [0.5, 0.6) is 0 Å². The van der Waals surface area contributed by atoms with Crippen LogP contribution in [0.25, 0.3) is 0 Å². The Balaban J connectivity index is 1.75. The normalized spacial score (nSPS) is 28.4. The summed E-state index contributed by atoms with van der Waals surface area (Å²) in [6.07, 6.45) is 10.2. The number of carbonyl (C=O) groups is 1. The van der Waals surface area contributed by atoms with Crippen LogP contribution in [-0.4, -0.2) is 35.1 Å². The lowest BCUT2D eigenvalue weighted by Crippen LogP contribution is -2.38. The van der Waals surface area contributed by atoms with Gasteiger partial charge in [-0.3, -0.25) is 9.69 Å². The molecule has 1 saturated heterocycles. The van der Waals surface area contributed by atoms with Gasteiger partial charge in [0.15, 0.2) is 0 Å². The summed E-state index contributed by atoms with van der Waals surface area (Å²) in [6, 6.07) is -0.209. The van der Waals surface area contributed by atoms with Crippen LogP contribution in [0.4, 0.5) is 0 Å². The summed E-state index contributed by atoms with van der Waals surface area (Å²) in [5, 5.41) is 9.18. The molecule has 0 amide bonds. The van der Waals surface area contributed by atoms with E-state index in [1.807, 2.05) is 0 Å². The van der Waals surface area contributed by atoms with Gasteiger partial charge < -0.3 is 5.11 Å². The second-order valence-electron chi connectivity index (χ2n) is 6.34. The zero-order valence-corrected chi connectivity index (χ0v) is 11.6.